The molecule has 0 saturated carbocycles. The average Bonchev–Trinajstić information content (AvgIpc) is 2.30. The van der Waals surface area contributed by atoms with Crippen LogP contribution in [-0.4, -0.2) is 12.1 Å². The topological polar surface area (TPSA) is 26.3 Å². The monoisotopic (exact) mass is 194 g/mol. The van der Waals surface area contributed by atoms with Crippen molar-refractivity contribution in [3.8, 4) is 0 Å². The molecule has 0 N–H and O–H groups in total. The smallest absolute Gasteiger partial charge is 0.307 e. The number of hydrogen-bond donors (Lipinski definition) is 0. The average molecular weight is 194 g/mol. The maximum absolute atomic E-state index is 11.4. The quantitative estimate of drug-likeness (QED) is 0.474. The summed E-state index contributed by atoms with van der Waals surface area (Å²) in [6.45, 7) is 4.40. The molecule has 1 saturated heterocycles. The Hall–Kier alpha value is -0.790. The number of hydrogen-bond acceptors (Lipinski definition) is 2. The van der Waals surface area contributed by atoms with Gasteiger partial charge in [0, 0.05) is 5.41 Å². The number of fused-ring (bicyclic) bond motifs is 1. The lowest BCUT2D eigenvalue weighted by atomic mass is 9.69. The maximum atomic E-state index is 11.4. The van der Waals surface area contributed by atoms with Crippen LogP contribution in [0.2, 0.25) is 0 Å². The molecule has 0 spiro atoms. The third kappa shape index (κ3) is 1.37. The van der Waals surface area contributed by atoms with Crippen molar-refractivity contribution in [2.24, 2.45) is 11.3 Å². The predicted octanol–water partition coefficient (Wildman–Crippen LogP) is 2.68. The van der Waals surface area contributed by atoms with Gasteiger partial charge in [0.2, 0.25) is 0 Å². The van der Waals surface area contributed by atoms with Gasteiger partial charge in [0.25, 0.3) is 0 Å². The van der Waals surface area contributed by atoms with Crippen LogP contribution in [0.25, 0.3) is 0 Å². The first kappa shape index (κ1) is 9.75. The summed E-state index contributed by atoms with van der Waals surface area (Å²) in [5, 5.41) is 0. The summed E-state index contributed by atoms with van der Waals surface area (Å²) in [5.41, 5.74) is 0.0874. The van der Waals surface area contributed by atoms with Crippen molar-refractivity contribution in [2.75, 3.05) is 0 Å². The third-order valence-electron chi connectivity index (χ3n) is 3.77. The minimum Gasteiger partial charge on any atom is -0.457 e. The summed E-state index contributed by atoms with van der Waals surface area (Å²) >= 11 is 0. The Balaban J connectivity index is 2.31. The highest BCUT2D eigenvalue weighted by Crippen LogP contribution is 2.48. The maximum Gasteiger partial charge on any atom is 0.307 e. The zero-order valence-electron chi connectivity index (χ0n) is 8.95. The van der Waals surface area contributed by atoms with E-state index >= 15 is 0 Å². The molecular weight excluding hydrogens is 176 g/mol. The Bertz CT molecular complexity index is 267. The molecule has 1 fully saturated rings. The summed E-state index contributed by atoms with van der Waals surface area (Å²) < 4.78 is 5.38. The zero-order valence-corrected chi connectivity index (χ0v) is 8.95. The van der Waals surface area contributed by atoms with Gasteiger partial charge in [-0.15, -0.1) is 0 Å². The minimum atomic E-state index is -0.0183. The number of carbonyl (C=O) groups is 1. The van der Waals surface area contributed by atoms with Gasteiger partial charge in [-0.3, -0.25) is 4.79 Å². The number of ether oxygens (including phenoxy) is 1. The Morgan fingerprint density at radius 1 is 1.57 bits per heavy atom. The van der Waals surface area contributed by atoms with Gasteiger partial charge in [0.05, 0.1) is 6.42 Å². The van der Waals surface area contributed by atoms with Gasteiger partial charge < -0.3 is 4.74 Å². The molecule has 2 aliphatic rings. The molecule has 1 aliphatic carbocycles. The van der Waals surface area contributed by atoms with Crippen LogP contribution in [0.1, 0.15) is 39.5 Å². The van der Waals surface area contributed by atoms with Crippen molar-refractivity contribution in [1.82, 2.24) is 0 Å². The van der Waals surface area contributed by atoms with E-state index in [4.69, 9.17) is 4.74 Å². The number of allylic oxidation sites excluding steroid dienone is 1. The first-order chi connectivity index (χ1) is 6.65. The Morgan fingerprint density at radius 2 is 2.36 bits per heavy atom. The van der Waals surface area contributed by atoms with Crippen LogP contribution < -0.4 is 0 Å². The molecule has 0 bridgehead atoms. The molecule has 14 heavy (non-hydrogen) atoms. The zero-order chi connectivity index (χ0) is 10.2. The Labute approximate surface area is 85.3 Å². The standard InChI is InChI=1S/C12H18O2/c1-9(2)12-7-5-3-4-6-10(12)14-11(13)8-12/h4,6,9-10H,3,5,7-8H2,1-2H3/t10-,12-/m0/s1. The van der Waals surface area contributed by atoms with Crippen molar-refractivity contribution in [1.29, 1.82) is 0 Å². The van der Waals surface area contributed by atoms with Gasteiger partial charge in [0.15, 0.2) is 0 Å². The molecule has 1 aliphatic heterocycles. The molecule has 2 atom stereocenters. The van der Waals surface area contributed by atoms with Gasteiger partial charge in [-0.1, -0.05) is 19.9 Å². The lowest BCUT2D eigenvalue weighted by molar-refractivity contribution is -0.140. The summed E-state index contributed by atoms with van der Waals surface area (Å²) in [5.74, 6) is 0.497. The minimum absolute atomic E-state index is 0.0183. The molecule has 2 heteroatoms. The molecule has 0 aromatic carbocycles. The van der Waals surface area contributed by atoms with Gasteiger partial charge in [-0.2, -0.15) is 0 Å². The second-order valence-electron chi connectivity index (χ2n) is 4.80. The van der Waals surface area contributed by atoms with Crippen LogP contribution in [0.5, 0.6) is 0 Å². The van der Waals surface area contributed by atoms with Crippen molar-refractivity contribution < 1.29 is 9.53 Å². The number of esters is 1. The van der Waals surface area contributed by atoms with Gasteiger partial charge >= 0.3 is 5.97 Å². The normalized spacial score (nSPS) is 36.8. The Kier molecular flexibility index (Phi) is 2.38. The van der Waals surface area contributed by atoms with Crippen LogP contribution in [0.4, 0.5) is 0 Å². The Morgan fingerprint density at radius 3 is 3.07 bits per heavy atom. The molecule has 1 heterocycles. The lowest BCUT2D eigenvalue weighted by Gasteiger charge is -2.34. The molecule has 2 nitrogen and oxygen atoms in total. The van der Waals surface area contributed by atoms with Crippen LogP contribution in [0.15, 0.2) is 12.2 Å². The van der Waals surface area contributed by atoms with E-state index in [0.29, 0.717) is 12.3 Å². The van der Waals surface area contributed by atoms with Crippen LogP contribution in [0.3, 0.4) is 0 Å². The van der Waals surface area contributed by atoms with Crippen LogP contribution >= 0.6 is 0 Å². The molecule has 78 valence electrons. The summed E-state index contributed by atoms with van der Waals surface area (Å²) in [4.78, 5) is 11.4. The largest absolute Gasteiger partial charge is 0.457 e. The summed E-state index contributed by atoms with van der Waals surface area (Å²) in [6.07, 6.45) is 8.33. The first-order valence-electron chi connectivity index (χ1n) is 5.51. The van der Waals surface area contributed by atoms with E-state index in [1.807, 2.05) is 0 Å². The molecule has 0 aromatic heterocycles. The fourth-order valence-corrected chi connectivity index (χ4v) is 2.72. The van der Waals surface area contributed by atoms with Crippen molar-refractivity contribution in [2.45, 2.75) is 45.6 Å². The van der Waals surface area contributed by atoms with E-state index in [-0.39, 0.29) is 17.5 Å². The number of rotatable bonds is 1. The van der Waals surface area contributed by atoms with Crippen molar-refractivity contribution >= 4 is 5.97 Å². The third-order valence-corrected chi connectivity index (χ3v) is 3.77. The van der Waals surface area contributed by atoms with E-state index in [2.05, 4.69) is 26.0 Å². The molecule has 2 rings (SSSR count). The van der Waals surface area contributed by atoms with Crippen molar-refractivity contribution in [3.63, 3.8) is 0 Å². The van der Waals surface area contributed by atoms with Crippen molar-refractivity contribution in [3.05, 3.63) is 12.2 Å². The molecule has 0 aromatic rings. The van der Waals surface area contributed by atoms with E-state index in [1.165, 1.54) is 6.42 Å². The molecule has 0 unspecified atom stereocenters. The van der Waals surface area contributed by atoms with E-state index in [1.54, 1.807) is 0 Å². The van der Waals surface area contributed by atoms with Gasteiger partial charge in [0.1, 0.15) is 6.10 Å². The van der Waals surface area contributed by atoms with Gasteiger partial charge in [-0.05, 0) is 31.3 Å². The van der Waals surface area contributed by atoms with E-state index < -0.39 is 0 Å². The second kappa shape index (κ2) is 3.41. The highest BCUT2D eigenvalue weighted by molar-refractivity contribution is 5.73. The summed E-state index contributed by atoms with van der Waals surface area (Å²) in [7, 11) is 0. The second-order valence-corrected chi connectivity index (χ2v) is 4.80. The van der Waals surface area contributed by atoms with Crippen LogP contribution in [0, 0.1) is 11.3 Å². The van der Waals surface area contributed by atoms with Gasteiger partial charge in [-0.25, -0.2) is 0 Å². The van der Waals surface area contributed by atoms with E-state index in [9.17, 15) is 4.79 Å². The lowest BCUT2D eigenvalue weighted by Crippen LogP contribution is -2.34. The number of carbonyl (C=O) groups excluding carboxylic acids is 1. The molecular formula is C12H18O2. The highest BCUT2D eigenvalue weighted by atomic mass is 16.6. The van der Waals surface area contributed by atoms with Crippen LogP contribution in [-0.2, 0) is 9.53 Å². The van der Waals surface area contributed by atoms with E-state index in [0.717, 1.165) is 12.8 Å². The SMILES string of the molecule is CC(C)[C@@]12CCCC=C[C@@H]1OC(=O)C2. The fraction of sp³-hybridized carbons (Fsp3) is 0.750. The molecule has 0 amide bonds. The highest BCUT2D eigenvalue weighted by Gasteiger charge is 2.49. The predicted molar refractivity (Wildman–Crippen MR) is 54.8 cm³/mol. The fourth-order valence-electron chi connectivity index (χ4n) is 2.72. The molecule has 0 radical (unpaired) electrons. The summed E-state index contributed by atoms with van der Waals surface area (Å²) in [6, 6.07) is 0. The first-order valence-corrected chi connectivity index (χ1v) is 5.51.